The standard InChI is InChI=1S/C21H22N2O6.C20H20N2O6.2CH4N2O3.2HNO3.2Y/c22-20(26)28-11-13(9-10-19(24)25)23-21(27)29-12-18-16-7-3-1-5-14(16)15-6-2-4-8-17(15)18;21-19(25)27-10-12(9-18(23)24)22-20(26)28-11-17-15-7-3-1-5-13(15)14-6-2-4-8-16(14)17;2*2-1-6-3(4)5;2*2-1(3)4;;/h1-8,13,18H,9-12H2,(H4,22,23,24,25,26,27);1-8,12,17H,9-11H2,(H4,21,22,23,24,25,26);2*1-2H2;2*(H,2,3,4);;/p-2. The summed E-state index contributed by atoms with van der Waals surface area (Å²) in [5, 5.41) is 66.2. The van der Waals surface area contributed by atoms with E-state index in [1.165, 1.54) is 0 Å². The molecule has 34 nitrogen and oxygen atoms in total. The van der Waals surface area contributed by atoms with Crippen LogP contribution in [-0.2, 0) is 104 Å². The number of ether oxygens (including phenoxy) is 4. The molecule has 0 saturated carbocycles. The van der Waals surface area contributed by atoms with Crippen molar-refractivity contribution in [2.75, 3.05) is 39.9 Å². The van der Waals surface area contributed by atoms with Gasteiger partial charge in [-0.15, -0.1) is 40.5 Å². The minimum Gasteiger partial charge on any atom is -0.632 e. The second-order valence-electron chi connectivity index (χ2n) is 14.6. The molecule has 36 heteroatoms. The van der Waals surface area contributed by atoms with E-state index in [2.05, 4.69) is 41.2 Å². The Kier molecular flexibility index (Phi) is 37.0. The van der Waals surface area contributed by atoms with Crippen molar-refractivity contribution in [2.45, 2.75) is 43.2 Å². The SMILES string of the molecule is NCO[N+](=O)[O-].NCO[N+](=O)[O-].O=[N+]([O-])O.O=[N+]([O-])O.[NH-]C(=O)OCC(CC(=O)O)NC(=O)OCC1c2ccccc2-c2ccccc21.[NH-]C(=O)OCC(CCC(=O)O)NC(=O)OCC1c2ccccc2-c2ccccc21.[Y].[Y]. The molecule has 2 aliphatic rings. The quantitative estimate of drug-likeness (QED) is 0.0264. The predicted octanol–water partition coefficient (Wildman–Crippen LogP) is 5.03. The van der Waals surface area contributed by atoms with E-state index < -0.39 is 81.8 Å². The van der Waals surface area contributed by atoms with Gasteiger partial charge in [0, 0.05) is 83.7 Å². The number of carboxylic acid groups (broad SMARTS) is 2. The van der Waals surface area contributed by atoms with Crippen LogP contribution in [0, 0.1) is 40.5 Å². The summed E-state index contributed by atoms with van der Waals surface area (Å²) < 4.78 is 19.8. The van der Waals surface area contributed by atoms with E-state index >= 15 is 0 Å². The first-order chi connectivity index (χ1) is 36.4. The van der Waals surface area contributed by atoms with Gasteiger partial charge in [0.05, 0.1) is 18.5 Å². The Morgan fingerprint density at radius 1 is 0.532 bits per heavy atom. The van der Waals surface area contributed by atoms with Gasteiger partial charge in [-0.1, -0.05) is 97.1 Å². The van der Waals surface area contributed by atoms with E-state index in [4.69, 9.17) is 82.0 Å². The van der Waals surface area contributed by atoms with Crippen LogP contribution >= 0.6 is 0 Å². The van der Waals surface area contributed by atoms with Gasteiger partial charge < -0.3 is 73.1 Å². The summed E-state index contributed by atoms with van der Waals surface area (Å²) in [6.45, 7) is -1.25. The van der Waals surface area contributed by atoms with Gasteiger partial charge in [0.15, 0.2) is 0 Å². The van der Waals surface area contributed by atoms with Crippen molar-refractivity contribution < 1.29 is 164 Å². The van der Waals surface area contributed by atoms with Crippen LogP contribution in [0.25, 0.3) is 33.7 Å². The maximum absolute atomic E-state index is 12.3. The van der Waals surface area contributed by atoms with E-state index in [9.17, 15) is 28.8 Å². The number of hydrogen-bond acceptors (Lipinski definition) is 22. The number of aliphatic carboxylic acids is 2. The van der Waals surface area contributed by atoms with E-state index in [1.54, 1.807) is 0 Å². The van der Waals surface area contributed by atoms with Crippen LogP contribution < -0.4 is 22.1 Å². The van der Waals surface area contributed by atoms with Crippen LogP contribution in [0.4, 0.5) is 19.2 Å². The first-order valence-electron chi connectivity index (χ1n) is 21.5. The third-order valence-corrected chi connectivity index (χ3v) is 9.65. The average Bonchev–Trinajstić information content (AvgIpc) is 3.84. The average molecular weight is 1270 g/mol. The summed E-state index contributed by atoms with van der Waals surface area (Å²) in [6.07, 6.45) is -4.73. The molecule has 0 aliphatic heterocycles. The zero-order valence-electron chi connectivity index (χ0n) is 41.0. The summed E-state index contributed by atoms with van der Waals surface area (Å²) in [7, 11) is 0. The minimum atomic E-state index is -1.50. The topological polar surface area (TPSA) is 535 Å². The van der Waals surface area contributed by atoms with Crippen molar-refractivity contribution in [1.29, 1.82) is 0 Å². The van der Waals surface area contributed by atoms with E-state index in [0.717, 1.165) is 44.5 Å². The first-order valence-corrected chi connectivity index (χ1v) is 21.5. The third kappa shape index (κ3) is 30.4. The number of rotatable bonds is 19. The minimum absolute atomic E-state index is 0. The number of carboxylic acids is 2. The summed E-state index contributed by atoms with van der Waals surface area (Å²) in [5.41, 5.74) is 31.3. The molecule has 2 radical (unpaired) electrons. The van der Waals surface area contributed by atoms with Crippen LogP contribution in [0.3, 0.4) is 0 Å². The van der Waals surface area contributed by atoms with Crippen molar-refractivity contribution >= 4 is 36.3 Å². The normalized spacial score (nSPS) is 11.2. The Hall–Kier alpha value is -8.17. The van der Waals surface area contributed by atoms with Crippen molar-refractivity contribution in [3.05, 3.63) is 171 Å². The van der Waals surface area contributed by atoms with Crippen molar-refractivity contribution in [3.8, 4) is 22.3 Å². The number of fused-ring (bicyclic) bond motifs is 6. The largest absolute Gasteiger partial charge is 0.632 e. The van der Waals surface area contributed by atoms with Gasteiger partial charge in [0.1, 0.15) is 39.9 Å². The molecule has 0 fully saturated rings. The number of alkyl carbamates (subject to hydrolysis) is 2. The number of hydrogen-bond donors (Lipinski definition) is 8. The number of nitrogens with two attached hydrogens (primary N) is 2. The fraction of sp³-hybridized carbons (Fsp3) is 0.302. The van der Waals surface area contributed by atoms with Crippen LogP contribution in [0.1, 0.15) is 53.4 Å². The molecular weight excluding hydrogens is 1220 g/mol. The van der Waals surface area contributed by atoms with Gasteiger partial charge in [-0.2, -0.15) is 0 Å². The van der Waals surface area contributed by atoms with Crippen molar-refractivity contribution in [1.82, 2.24) is 10.6 Å². The van der Waals surface area contributed by atoms with E-state index in [1.807, 2.05) is 97.1 Å². The Labute approximate surface area is 495 Å². The number of carbonyl (C=O) groups is 6. The van der Waals surface area contributed by atoms with Crippen molar-refractivity contribution in [3.63, 3.8) is 0 Å². The smallest absolute Gasteiger partial charge is 0.407 e. The van der Waals surface area contributed by atoms with Crippen molar-refractivity contribution in [2.24, 2.45) is 11.5 Å². The van der Waals surface area contributed by atoms with Gasteiger partial charge in [0.25, 0.3) is 20.3 Å². The van der Waals surface area contributed by atoms with E-state index in [-0.39, 0.29) is 123 Å². The molecule has 0 bridgehead atoms. The molecule has 6 rings (SSSR count). The zero-order valence-corrected chi connectivity index (χ0v) is 46.6. The Bertz CT molecular complexity index is 2500. The van der Waals surface area contributed by atoms with E-state index in [0.29, 0.717) is 0 Å². The third-order valence-electron chi connectivity index (χ3n) is 9.65. The second-order valence-corrected chi connectivity index (χ2v) is 14.6. The molecule has 2 atom stereocenters. The van der Waals surface area contributed by atoms with Gasteiger partial charge in [-0.25, -0.2) is 9.59 Å². The number of nitrogens with one attached hydrogen (secondary N) is 4. The molecule has 0 heterocycles. The molecule has 2 aliphatic carbocycles. The Balaban J connectivity index is 0. The molecule has 12 N–H and O–H groups in total. The number of benzene rings is 4. The summed E-state index contributed by atoms with van der Waals surface area (Å²) >= 11 is 0. The zero-order chi connectivity index (χ0) is 58.0. The van der Waals surface area contributed by atoms with Gasteiger partial charge in [0.2, 0.25) is 12.2 Å². The van der Waals surface area contributed by atoms with Crippen LogP contribution in [-0.4, -0.2) is 129 Å². The Morgan fingerprint density at radius 3 is 1.08 bits per heavy atom. The summed E-state index contributed by atoms with van der Waals surface area (Å²) in [6, 6.07) is 29.9. The van der Waals surface area contributed by atoms with Gasteiger partial charge >= 0.3 is 24.1 Å². The molecule has 2 unspecified atom stereocenters. The van der Waals surface area contributed by atoms with Crippen LogP contribution in [0.2, 0.25) is 0 Å². The molecule has 4 amide bonds. The molecular formula is C43H50N10O24Y2-2. The Morgan fingerprint density at radius 2 is 0.823 bits per heavy atom. The van der Waals surface area contributed by atoms with Gasteiger partial charge in [-0.3, -0.25) is 28.9 Å². The number of carbonyl (C=O) groups excluding carboxylic acids is 4. The molecule has 424 valence electrons. The fourth-order valence-corrected chi connectivity index (χ4v) is 6.95. The second kappa shape index (κ2) is 40.1. The molecule has 4 aromatic rings. The monoisotopic (exact) mass is 1270 g/mol. The predicted molar refractivity (Wildman–Crippen MR) is 256 cm³/mol. The summed E-state index contributed by atoms with van der Waals surface area (Å²) in [5.74, 6) is -2.44. The molecule has 4 aromatic carbocycles. The summed E-state index contributed by atoms with van der Waals surface area (Å²) in [4.78, 5) is 109. The maximum Gasteiger partial charge on any atom is 0.407 e. The molecule has 0 saturated heterocycles. The first kappa shape index (κ1) is 72.9. The molecule has 0 aromatic heterocycles. The number of nitrogens with zero attached hydrogens (tertiary/aromatic N) is 4. The maximum atomic E-state index is 12.3. The molecule has 79 heavy (non-hydrogen) atoms. The van der Waals surface area contributed by atoms with Crippen LogP contribution in [0.5, 0.6) is 0 Å². The molecule has 0 spiro atoms. The fourth-order valence-electron chi connectivity index (χ4n) is 6.95. The van der Waals surface area contributed by atoms with Gasteiger partial charge in [-0.05, 0) is 50.9 Å². The van der Waals surface area contributed by atoms with Crippen LogP contribution in [0.15, 0.2) is 97.1 Å². The number of amides is 4.